The normalized spacial score (nSPS) is 15.3. The first-order valence-electron chi connectivity index (χ1n) is 7.27. The van der Waals surface area contributed by atoms with Crippen LogP contribution >= 0.6 is 0 Å². The average molecular weight is 291 g/mol. The van der Waals surface area contributed by atoms with Gasteiger partial charge in [-0.15, -0.1) is 0 Å². The fourth-order valence-electron chi connectivity index (χ4n) is 1.94. The summed E-state index contributed by atoms with van der Waals surface area (Å²) < 4.78 is 5.61. The van der Waals surface area contributed by atoms with Gasteiger partial charge in [0.25, 0.3) is 5.91 Å². The van der Waals surface area contributed by atoms with Crippen molar-refractivity contribution in [2.75, 3.05) is 13.2 Å². The highest BCUT2D eigenvalue weighted by molar-refractivity contribution is 5.94. The van der Waals surface area contributed by atoms with Crippen molar-refractivity contribution in [1.82, 2.24) is 5.32 Å². The largest absolute Gasteiger partial charge is 0.493 e. The van der Waals surface area contributed by atoms with E-state index >= 15 is 0 Å². The van der Waals surface area contributed by atoms with E-state index in [1.165, 1.54) is 12.8 Å². The van der Waals surface area contributed by atoms with Crippen molar-refractivity contribution in [1.29, 1.82) is 0 Å². The molecule has 1 aliphatic rings. The Bertz CT molecular complexity index is 494. The van der Waals surface area contributed by atoms with Crippen molar-refractivity contribution in [3.8, 4) is 5.75 Å². The third kappa shape index (κ3) is 5.45. The maximum Gasteiger partial charge on any atom is 0.303 e. The molecule has 2 N–H and O–H groups in total. The molecule has 0 bridgehead atoms. The molecule has 1 fully saturated rings. The zero-order valence-electron chi connectivity index (χ0n) is 12.2. The fraction of sp³-hybridized carbons (Fsp3) is 0.500. The van der Waals surface area contributed by atoms with Gasteiger partial charge in [-0.2, -0.15) is 0 Å². The van der Waals surface area contributed by atoms with Crippen molar-refractivity contribution in [3.63, 3.8) is 0 Å². The Hall–Kier alpha value is -2.04. The summed E-state index contributed by atoms with van der Waals surface area (Å²) in [7, 11) is 0. The van der Waals surface area contributed by atoms with Crippen LogP contribution in [0.2, 0.25) is 0 Å². The summed E-state index contributed by atoms with van der Waals surface area (Å²) in [4.78, 5) is 22.5. The summed E-state index contributed by atoms with van der Waals surface area (Å²) in [5.41, 5.74) is 0.552. The summed E-state index contributed by atoms with van der Waals surface area (Å²) in [6, 6.07) is 7.02. The quantitative estimate of drug-likeness (QED) is 0.770. The number of hydrogen-bond acceptors (Lipinski definition) is 3. The number of rotatable bonds is 8. The van der Waals surface area contributed by atoms with E-state index in [0.29, 0.717) is 18.0 Å². The van der Waals surface area contributed by atoms with Crippen LogP contribution in [0.25, 0.3) is 0 Å². The van der Waals surface area contributed by atoms with Gasteiger partial charge in [0.1, 0.15) is 5.75 Å². The lowest BCUT2D eigenvalue weighted by molar-refractivity contribution is -0.137. The second kappa shape index (κ2) is 7.11. The van der Waals surface area contributed by atoms with E-state index in [2.05, 4.69) is 5.32 Å². The summed E-state index contributed by atoms with van der Waals surface area (Å²) in [6.45, 7) is 2.90. The first-order chi connectivity index (χ1) is 10.0. The predicted molar refractivity (Wildman–Crippen MR) is 78.4 cm³/mol. The monoisotopic (exact) mass is 291 g/mol. The highest BCUT2D eigenvalue weighted by Crippen LogP contribution is 2.29. The Labute approximate surface area is 124 Å². The molecule has 1 aromatic rings. The van der Waals surface area contributed by atoms with E-state index in [0.717, 1.165) is 12.4 Å². The lowest BCUT2D eigenvalue weighted by Gasteiger charge is -2.11. The van der Waals surface area contributed by atoms with Gasteiger partial charge in [0.2, 0.25) is 0 Å². The second-order valence-corrected chi connectivity index (χ2v) is 5.69. The molecule has 1 aromatic carbocycles. The highest BCUT2D eigenvalue weighted by atomic mass is 16.5. The van der Waals surface area contributed by atoms with E-state index in [4.69, 9.17) is 9.84 Å². The molecule has 1 amide bonds. The molecule has 114 valence electrons. The number of nitrogens with one attached hydrogen (secondary N) is 1. The highest BCUT2D eigenvalue weighted by Gasteiger charge is 2.21. The number of carbonyl (C=O) groups is 2. The van der Waals surface area contributed by atoms with Crippen LogP contribution in [0.4, 0.5) is 0 Å². The number of aliphatic carboxylic acids is 1. The van der Waals surface area contributed by atoms with E-state index < -0.39 is 5.97 Å². The topological polar surface area (TPSA) is 75.6 Å². The van der Waals surface area contributed by atoms with Crippen molar-refractivity contribution < 1.29 is 19.4 Å². The molecule has 0 radical (unpaired) electrons. The third-order valence-electron chi connectivity index (χ3n) is 3.43. The maximum atomic E-state index is 11.9. The lowest BCUT2D eigenvalue weighted by atomic mass is 10.1. The third-order valence-corrected chi connectivity index (χ3v) is 3.43. The van der Waals surface area contributed by atoms with Crippen LogP contribution in [0, 0.1) is 11.8 Å². The zero-order valence-corrected chi connectivity index (χ0v) is 12.2. The second-order valence-electron chi connectivity index (χ2n) is 5.69. The smallest absolute Gasteiger partial charge is 0.303 e. The minimum absolute atomic E-state index is 0.0498. The Morgan fingerprint density at radius 3 is 2.57 bits per heavy atom. The molecule has 0 aromatic heterocycles. The van der Waals surface area contributed by atoms with Crippen LogP contribution in [0.15, 0.2) is 24.3 Å². The molecule has 1 saturated carbocycles. The number of benzene rings is 1. The van der Waals surface area contributed by atoms with Crippen LogP contribution in [-0.2, 0) is 4.79 Å². The molecule has 2 rings (SSSR count). The molecule has 21 heavy (non-hydrogen) atoms. The average Bonchev–Trinajstić information content (AvgIpc) is 3.26. The SMILES string of the molecule is CC(CNC(=O)c1ccc(OCC2CC2)cc1)CC(=O)O. The Balaban J connectivity index is 1.77. The molecule has 0 saturated heterocycles. The minimum Gasteiger partial charge on any atom is -0.493 e. The molecule has 1 aliphatic carbocycles. The number of hydrogen-bond donors (Lipinski definition) is 2. The summed E-state index contributed by atoms with van der Waals surface area (Å²) >= 11 is 0. The Morgan fingerprint density at radius 1 is 1.33 bits per heavy atom. The van der Waals surface area contributed by atoms with Crippen LogP contribution < -0.4 is 10.1 Å². The number of carboxylic acid groups (broad SMARTS) is 1. The van der Waals surface area contributed by atoms with Gasteiger partial charge in [-0.05, 0) is 48.9 Å². The molecular formula is C16H21NO4. The predicted octanol–water partition coefficient (Wildman–Crippen LogP) is 2.32. The van der Waals surface area contributed by atoms with Gasteiger partial charge in [0.05, 0.1) is 6.61 Å². The summed E-state index contributed by atoms with van der Waals surface area (Å²) in [6.07, 6.45) is 2.54. The minimum atomic E-state index is -0.853. The van der Waals surface area contributed by atoms with Gasteiger partial charge in [-0.25, -0.2) is 0 Å². The van der Waals surface area contributed by atoms with E-state index in [9.17, 15) is 9.59 Å². The zero-order chi connectivity index (χ0) is 15.2. The van der Waals surface area contributed by atoms with Gasteiger partial charge in [0, 0.05) is 18.5 Å². The molecule has 5 nitrogen and oxygen atoms in total. The molecular weight excluding hydrogens is 270 g/mol. The van der Waals surface area contributed by atoms with E-state index in [-0.39, 0.29) is 18.2 Å². The van der Waals surface area contributed by atoms with Crippen molar-refractivity contribution in [3.05, 3.63) is 29.8 Å². The molecule has 1 unspecified atom stereocenters. The van der Waals surface area contributed by atoms with Crippen LogP contribution in [0.3, 0.4) is 0 Å². The number of carboxylic acids is 1. The number of ether oxygens (including phenoxy) is 1. The van der Waals surface area contributed by atoms with Crippen molar-refractivity contribution in [2.45, 2.75) is 26.2 Å². The van der Waals surface area contributed by atoms with Gasteiger partial charge >= 0.3 is 5.97 Å². The number of amides is 1. The molecule has 0 spiro atoms. The van der Waals surface area contributed by atoms with Gasteiger partial charge in [0.15, 0.2) is 0 Å². The number of carbonyl (C=O) groups excluding carboxylic acids is 1. The Morgan fingerprint density at radius 2 is 2.00 bits per heavy atom. The first kappa shape index (κ1) is 15.4. The fourth-order valence-corrected chi connectivity index (χ4v) is 1.94. The van der Waals surface area contributed by atoms with Crippen molar-refractivity contribution in [2.24, 2.45) is 11.8 Å². The maximum absolute atomic E-state index is 11.9. The molecule has 1 atom stereocenters. The van der Waals surface area contributed by atoms with Gasteiger partial charge in [-0.3, -0.25) is 9.59 Å². The van der Waals surface area contributed by atoms with Crippen LogP contribution in [0.1, 0.15) is 36.5 Å². The first-order valence-corrected chi connectivity index (χ1v) is 7.27. The standard InChI is InChI=1S/C16H21NO4/c1-11(8-15(18)19)9-17-16(20)13-4-6-14(7-5-13)21-10-12-2-3-12/h4-7,11-12H,2-3,8-10H2,1H3,(H,17,20)(H,18,19). The van der Waals surface area contributed by atoms with E-state index in [1.54, 1.807) is 31.2 Å². The molecule has 0 heterocycles. The lowest BCUT2D eigenvalue weighted by Crippen LogP contribution is -2.29. The van der Waals surface area contributed by atoms with E-state index in [1.807, 2.05) is 0 Å². The van der Waals surface area contributed by atoms with Crippen molar-refractivity contribution >= 4 is 11.9 Å². The van der Waals surface area contributed by atoms with Gasteiger partial charge < -0.3 is 15.2 Å². The molecule has 5 heteroatoms. The summed E-state index contributed by atoms with van der Waals surface area (Å²) in [5.74, 6) is 0.337. The summed E-state index contributed by atoms with van der Waals surface area (Å²) in [5, 5.41) is 11.4. The van der Waals surface area contributed by atoms with Gasteiger partial charge in [-0.1, -0.05) is 6.92 Å². The van der Waals surface area contributed by atoms with Crippen LogP contribution in [-0.4, -0.2) is 30.1 Å². The Kier molecular flexibility index (Phi) is 5.20. The molecule has 0 aliphatic heterocycles. The van der Waals surface area contributed by atoms with Crippen LogP contribution in [0.5, 0.6) is 5.75 Å².